The lowest BCUT2D eigenvalue weighted by atomic mass is 10.4. The summed E-state index contributed by atoms with van der Waals surface area (Å²) in [6, 6.07) is 4.06. The molecule has 0 amide bonds. The number of hydrogen-bond acceptors (Lipinski definition) is 3. The number of anilines is 1. The number of nitrogens with zero attached hydrogens (tertiary/aromatic N) is 1. The third-order valence-electron chi connectivity index (χ3n) is 1.21. The molecular formula is C7H9NS2. The molecule has 0 aliphatic heterocycles. The van der Waals surface area contributed by atoms with Crippen molar-refractivity contribution in [3.05, 3.63) is 21.3 Å². The maximum Gasteiger partial charge on any atom is 0.0919 e. The Morgan fingerprint density at radius 2 is 2.20 bits per heavy atom. The van der Waals surface area contributed by atoms with E-state index in [1.165, 1.54) is 5.69 Å². The molecule has 54 valence electrons. The van der Waals surface area contributed by atoms with Crippen molar-refractivity contribution in [2.75, 3.05) is 19.0 Å². The van der Waals surface area contributed by atoms with Crippen LogP contribution in [0.5, 0.6) is 0 Å². The van der Waals surface area contributed by atoms with Crippen LogP contribution in [0, 0.1) is 3.82 Å². The van der Waals surface area contributed by atoms with Gasteiger partial charge in [-0.15, -0.1) is 11.3 Å². The van der Waals surface area contributed by atoms with Crippen LogP contribution in [0.4, 0.5) is 5.69 Å². The molecule has 0 aliphatic rings. The SMILES string of the molecule is CN(C)c1ccsc(=S)c1. The van der Waals surface area contributed by atoms with E-state index in [9.17, 15) is 0 Å². The van der Waals surface area contributed by atoms with E-state index in [-0.39, 0.29) is 0 Å². The average Bonchev–Trinajstić information content (AvgIpc) is 1.88. The minimum Gasteiger partial charge on any atom is -0.378 e. The summed E-state index contributed by atoms with van der Waals surface area (Å²) in [6.45, 7) is 0. The molecule has 0 radical (unpaired) electrons. The molecule has 0 fully saturated rings. The summed E-state index contributed by atoms with van der Waals surface area (Å²) < 4.78 is 0.936. The molecule has 0 aliphatic carbocycles. The molecule has 1 nitrogen and oxygen atoms in total. The highest BCUT2D eigenvalue weighted by molar-refractivity contribution is 7.73. The predicted octanol–water partition coefficient (Wildman–Crippen LogP) is 2.54. The summed E-state index contributed by atoms with van der Waals surface area (Å²) in [4.78, 5) is 2.04. The largest absolute Gasteiger partial charge is 0.378 e. The van der Waals surface area contributed by atoms with Gasteiger partial charge in [0.25, 0.3) is 0 Å². The first-order valence-corrected chi connectivity index (χ1v) is 4.25. The number of hydrogen-bond donors (Lipinski definition) is 0. The fraction of sp³-hybridized carbons (Fsp3) is 0.286. The zero-order valence-corrected chi connectivity index (χ0v) is 7.63. The van der Waals surface area contributed by atoms with Crippen LogP contribution < -0.4 is 4.90 Å². The Bertz CT molecular complexity index is 264. The van der Waals surface area contributed by atoms with Crippen molar-refractivity contribution in [3.8, 4) is 0 Å². The van der Waals surface area contributed by atoms with Gasteiger partial charge in [0.15, 0.2) is 0 Å². The van der Waals surface area contributed by atoms with Crippen molar-refractivity contribution >= 4 is 29.2 Å². The minimum absolute atomic E-state index is 0.936. The summed E-state index contributed by atoms with van der Waals surface area (Å²) in [7, 11) is 4.02. The summed E-state index contributed by atoms with van der Waals surface area (Å²) in [5.41, 5.74) is 1.17. The highest BCUT2D eigenvalue weighted by atomic mass is 32.1. The van der Waals surface area contributed by atoms with Gasteiger partial charge in [-0.2, -0.15) is 0 Å². The lowest BCUT2D eigenvalue weighted by Crippen LogP contribution is -2.07. The molecule has 10 heavy (non-hydrogen) atoms. The quantitative estimate of drug-likeness (QED) is 0.597. The van der Waals surface area contributed by atoms with E-state index in [1.54, 1.807) is 11.3 Å². The Morgan fingerprint density at radius 1 is 1.50 bits per heavy atom. The van der Waals surface area contributed by atoms with Gasteiger partial charge in [-0.25, -0.2) is 0 Å². The van der Waals surface area contributed by atoms with E-state index >= 15 is 0 Å². The molecule has 1 heterocycles. The fourth-order valence-electron chi connectivity index (χ4n) is 0.652. The maximum atomic E-state index is 5.01. The highest BCUT2D eigenvalue weighted by Gasteiger charge is 1.90. The fourth-order valence-corrected chi connectivity index (χ4v) is 1.47. The third kappa shape index (κ3) is 1.78. The van der Waals surface area contributed by atoms with E-state index in [2.05, 4.69) is 6.07 Å². The van der Waals surface area contributed by atoms with Crippen LogP contribution in [-0.2, 0) is 0 Å². The Labute approximate surface area is 69.9 Å². The van der Waals surface area contributed by atoms with Gasteiger partial charge in [0, 0.05) is 19.8 Å². The van der Waals surface area contributed by atoms with Crippen LogP contribution in [0.1, 0.15) is 0 Å². The second-order valence-electron chi connectivity index (χ2n) is 2.20. The molecule has 0 bridgehead atoms. The Morgan fingerprint density at radius 3 is 2.60 bits per heavy atom. The van der Waals surface area contributed by atoms with Gasteiger partial charge in [0.05, 0.1) is 3.82 Å². The van der Waals surface area contributed by atoms with Gasteiger partial charge in [-0.1, -0.05) is 12.2 Å². The topological polar surface area (TPSA) is 3.24 Å². The zero-order valence-electron chi connectivity index (χ0n) is 6.00. The Kier molecular flexibility index (Phi) is 2.40. The minimum atomic E-state index is 0.936. The van der Waals surface area contributed by atoms with Crippen LogP contribution in [0.2, 0.25) is 0 Å². The molecule has 1 aromatic rings. The zero-order chi connectivity index (χ0) is 7.56. The lowest BCUT2D eigenvalue weighted by Gasteiger charge is -2.10. The smallest absolute Gasteiger partial charge is 0.0919 e. The van der Waals surface area contributed by atoms with Crippen molar-refractivity contribution in [2.45, 2.75) is 0 Å². The Balaban J connectivity index is 3.07. The molecule has 0 aromatic carbocycles. The van der Waals surface area contributed by atoms with E-state index in [0.717, 1.165) is 3.82 Å². The second-order valence-corrected chi connectivity index (χ2v) is 3.85. The van der Waals surface area contributed by atoms with E-state index in [0.29, 0.717) is 0 Å². The third-order valence-corrected chi connectivity index (χ3v) is 2.23. The lowest BCUT2D eigenvalue weighted by molar-refractivity contribution is 1.13. The average molecular weight is 171 g/mol. The van der Waals surface area contributed by atoms with Gasteiger partial charge in [-0.05, 0) is 17.5 Å². The second kappa shape index (κ2) is 3.12. The maximum absolute atomic E-state index is 5.01. The van der Waals surface area contributed by atoms with Gasteiger partial charge in [0.2, 0.25) is 0 Å². The van der Waals surface area contributed by atoms with Crippen molar-refractivity contribution < 1.29 is 0 Å². The van der Waals surface area contributed by atoms with Crippen LogP contribution in [-0.4, -0.2) is 14.1 Å². The molecule has 0 N–H and O–H groups in total. The molecule has 0 unspecified atom stereocenters. The van der Waals surface area contributed by atoms with Gasteiger partial charge < -0.3 is 4.90 Å². The van der Waals surface area contributed by atoms with E-state index < -0.39 is 0 Å². The summed E-state index contributed by atoms with van der Waals surface area (Å²) in [6.07, 6.45) is 0. The summed E-state index contributed by atoms with van der Waals surface area (Å²) >= 11 is 6.60. The molecule has 0 saturated heterocycles. The first kappa shape index (κ1) is 7.69. The molecule has 1 rings (SSSR count). The monoisotopic (exact) mass is 171 g/mol. The van der Waals surface area contributed by atoms with Crippen LogP contribution >= 0.6 is 23.6 Å². The van der Waals surface area contributed by atoms with Crippen molar-refractivity contribution in [2.24, 2.45) is 0 Å². The van der Waals surface area contributed by atoms with Crippen LogP contribution in [0.15, 0.2) is 17.5 Å². The Hall–Kier alpha value is -0.410. The predicted molar refractivity (Wildman–Crippen MR) is 49.5 cm³/mol. The van der Waals surface area contributed by atoms with Crippen LogP contribution in [0.3, 0.4) is 0 Å². The number of rotatable bonds is 1. The standard InChI is InChI=1S/C7H9NS2/c1-8(2)6-3-4-10-7(9)5-6/h3-5H,1-2H3. The van der Waals surface area contributed by atoms with Gasteiger partial charge in [0.1, 0.15) is 0 Å². The van der Waals surface area contributed by atoms with Crippen molar-refractivity contribution in [1.29, 1.82) is 0 Å². The molecule has 0 spiro atoms. The molecule has 0 saturated carbocycles. The molecular weight excluding hydrogens is 162 g/mol. The van der Waals surface area contributed by atoms with Gasteiger partial charge in [-0.3, -0.25) is 0 Å². The van der Waals surface area contributed by atoms with Crippen molar-refractivity contribution in [1.82, 2.24) is 0 Å². The molecule has 1 aromatic heterocycles. The molecule has 3 heteroatoms. The summed E-state index contributed by atoms with van der Waals surface area (Å²) in [5.74, 6) is 0. The first-order chi connectivity index (χ1) is 4.70. The first-order valence-electron chi connectivity index (χ1n) is 2.96. The van der Waals surface area contributed by atoms with Crippen LogP contribution in [0.25, 0.3) is 0 Å². The van der Waals surface area contributed by atoms with E-state index in [4.69, 9.17) is 12.2 Å². The molecule has 0 atom stereocenters. The van der Waals surface area contributed by atoms with E-state index in [1.807, 2.05) is 30.4 Å². The van der Waals surface area contributed by atoms with Crippen molar-refractivity contribution in [3.63, 3.8) is 0 Å². The summed E-state index contributed by atoms with van der Waals surface area (Å²) in [5, 5.41) is 2.01. The van der Waals surface area contributed by atoms with Gasteiger partial charge >= 0.3 is 0 Å². The normalized spacial score (nSPS) is 9.40. The highest BCUT2D eigenvalue weighted by Crippen LogP contribution is 2.13.